The van der Waals surface area contributed by atoms with Gasteiger partial charge in [-0.05, 0) is 18.9 Å². The molecule has 0 aromatic heterocycles. The van der Waals surface area contributed by atoms with Crippen molar-refractivity contribution in [3.63, 3.8) is 0 Å². The molecule has 1 aromatic carbocycles. The molecule has 4 heteroatoms. The van der Waals surface area contributed by atoms with Gasteiger partial charge in [0.15, 0.2) is 0 Å². The smallest absolute Gasteiger partial charge is 0.328 e. The fraction of sp³-hybridized carbons (Fsp3) is 0.556. The maximum Gasteiger partial charge on any atom is 0.328 e. The van der Waals surface area contributed by atoms with E-state index in [9.17, 15) is 9.59 Å². The Labute approximate surface area is 133 Å². The summed E-state index contributed by atoms with van der Waals surface area (Å²) in [5, 5.41) is 2.73. The van der Waals surface area contributed by atoms with Gasteiger partial charge in [-0.15, -0.1) is 0 Å². The lowest BCUT2D eigenvalue weighted by Gasteiger charge is -2.16. The summed E-state index contributed by atoms with van der Waals surface area (Å²) in [7, 11) is 0. The molecule has 0 bridgehead atoms. The third kappa shape index (κ3) is 6.74. The van der Waals surface area contributed by atoms with E-state index in [1.165, 1.54) is 0 Å². The summed E-state index contributed by atoms with van der Waals surface area (Å²) in [5.41, 5.74) is 0.933. The van der Waals surface area contributed by atoms with Crippen molar-refractivity contribution in [1.29, 1.82) is 0 Å². The molecule has 0 aliphatic heterocycles. The molecular weight excluding hydrogens is 278 g/mol. The van der Waals surface area contributed by atoms with Crippen LogP contribution in [0, 0.1) is 5.92 Å². The Balaban J connectivity index is 2.32. The first-order valence-corrected chi connectivity index (χ1v) is 8.05. The second-order valence-corrected chi connectivity index (χ2v) is 5.72. The first kappa shape index (κ1) is 18.2. The molecular formula is C18H27NO3. The Hall–Kier alpha value is -1.84. The minimum absolute atomic E-state index is 0.0732. The van der Waals surface area contributed by atoms with Crippen LogP contribution in [0.15, 0.2) is 30.3 Å². The van der Waals surface area contributed by atoms with E-state index in [1.807, 2.05) is 37.3 Å². The summed E-state index contributed by atoms with van der Waals surface area (Å²) in [4.78, 5) is 23.9. The lowest BCUT2D eigenvalue weighted by Crippen LogP contribution is -2.42. The van der Waals surface area contributed by atoms with E-state index in [0.29, 0.717) is 0 Å². The van der Waals surface area contributed by atoms with Crippen molar-refractivity contribution in [2.75, 3.05) is 0 Å². The molecule has 0 aliphatic carbocycles. The van der Waals surface area contributed by atoms with Crippen LogP contribution < -0.4 is 5.32 Å². The van der Waals surface area contributed by atoms with E-state index in [0.717, 1.165) is 31.2 Å². The largest absolute Gasteiger partial charge is 0.459 e. The van der Waals surface area contributed by atoms with Gasteiger partial charge in [0.05, 0.1) is 0 Å². The quantitative estimate of drug-likeness (QED) is 0.561. The zero-order chi connectivity index (χ0) is 16.4. The SMILES string of the molecule is CCCCC[C@@H](C)C(=O)N[C@H](C)C(=O)OCc1ccccc1. The molecule has 1 amide bonds. The molecule has 1 aromatic rings. The van der Waals surface area contributed by atoms with Crippen molar-refractivity contribution in [2.24, 2.45) is 5.92 Å². The average Bonchev–Trinajstić information content (AvgIpc) is 2.53. The second kappa shape index (κ2) is 9.98. The van der Waals surface area contributed by atoms with Crippen LogP contribution in [0.2, 0.25) is 0 Å². The third-order valence-electron chi connectivity index (χ3n) is 3.62. The van der Waals surface area contributed by atoms with Gasteiger partial charge in [0.1, 0.15) is 12.6 Å². The number of benzene rings is 1. The van der Waals surface area contributed by atoms with Crippen LogP contribution in [0.4, 0.5) is 0 Å². The molecule has 2 atom stereocenters. The van der Waals surface area contributed by atoms with Gasteiger partial charge in [-0.25, -0.2) is 4.79 Å². The van der Waals surface area contributed by atoms with Crippen molar-refractivity contribution in [2.45, 2.75) is 59.1 Å². The molecule has 0 aliphatic rings. The fourth-order valence-corrected chi connectivity index (χ4v) is 2.10. The number of unbranched alkanes of at least 4 members (excludes halogenated alkanes) is 2. The summed E-state index contributed by atoms with van der Waals surface area (Å²) in [5.74, 6) is -0.561. The first-order chi connectivity index (χ1) is 10.5. The number of hydrogen-bond donors (Lipinski definition) is 1. The van der Waals surface area contributed by atoms with Crippen LogP contribution in [0.5, 0.6) is 0 Å². The minimum Gasteiger partial charge on any atom is -0.459 e. The number of ether oxygens (including phenoxy) is 1. The molecule has 22 heavy (non-hydrogen) atoms. The van der Waals surface area contributed by atoms with Gasteiger partial charge < -0.3 is 10.1 Å². The van der Waals surface area contributed by atoms with Crippen LogP contribution in [-0.4, -0.2) is 17.9 Å². The van der Waals surface area contributed by atoms with E-state index >= 15 is 0 Å². The molecule has 1 N–H and O–H groups in total. The molecule has 0 unspecified atom stereocenters. The van der Waals surface area contributed by atoms with Crippen LogP contribution >= 0.6 is 0 Å². The summed E-state index contributed by atoms with van der Waals surface area (Å²) < 4.78 is 5.22. The first-order valence-electron chi connectivity index (χ1n) is 8.05. The van der Waals surface area contributed by atoms with Crippen LogP contribution in [0.3, 0.4) is 0 Å². The van der Waals surface area contributed by atoms with Crippen molar-refractivity contribution >= 4 is 11.9 Å². The molecule has 0 radical (unpaired) electrons. The molecule has 4 nitrogen and oxygen atoms in total. The molecule has 122 valence electrons. The lowest BCUT2D eigenvalue weighted by molar-refractivity contribution is -0.149. The van der Waals surface area contributed by atoms with Crippen molar-refractivity contribution < 1.29 is 14.3 Å². The van der Waals surface area contributed by atoms with Gasteiger partial charge in [-0.2, -0.15) is 0 Å². The molecule has 0 spiro atoms. The number of esters is 1. The van der Waals surface area contributed by atoms with Gasteiger partial charge in [0.25, 0.3) is 0 Å². The zero-order valence-electron chi connectivity index (χ0n) is 13.8. The highest BCUT2D eigenvalue weighted by Crippen LogP contribution is 2.10. The number of nitrogens with one attached hydrogen (secondary N) is 1. The monoisotopic (exact) mass is 305 g/mol. The Morgan fingerprint density at radius 2 is 1.82 bits per heavy atom. The van der Waals surface area contributed by atoms with Gasteiger partial charge in [-0.3, -0.25) is 4.79 Å². The highest BCUT2D eigenvalue weighted by Gasteiger charge is 2.20. The Bertz CT molecular complexity index is 459. The summed E-state index contributed by atoms with van der Waals surface area (Å²) in [6.45, 7) is 5.92. The third-order valence-corrected chi connectivity index (χ3v) is 3.62. The summed E-state index contributed by atoms with van der Waals surface area (Å²) in [6.07, 6.45) is 4.16. The number of carbonyl (C=O) groups is 2. The zero-order valence-corrected chi connectivity index (χ0v) is 13.8. The van der Waals surface area contributed by atoms with E-state index in [4.69, 9.17) is 4.74 Å². The minimum atomic E-state index is -0.621. The highest BCUT2D eigenvalue weighted by molar-refractivity contribution is 5.85. The van der Waals surface area contributed by atoms with Crippen molar-refractivity contribution in [3.8, 4) is 0 Å². The standard InChI is InChI=1S/C18H27NO3/c1-4-5-7-10-14(2)17(20)19-15(3)18(21)22-13-16-11-8-6-9-12-16/h6,8-9,11-12,14-15H,4-5,7,10,13H2,1-3H3,(H,19,20)/t14-,15-/m1/s1. The van der Waals surface area contributed by atoms with E-state index < -0.39 is 12.0 Å². The summed E-state index contributed by atoms with van der Waals surface area (Å²) >= 11 is 0. The highest BCUT2D eigenvalue weighted by atomic mass is 16.5. The number of rotatable bonds is 9. The molecule has 1 rings (SSSR count). The normalized spacial score (nSPS) is 13.2. The average molecular weight is 305 g/mol. The fourth-order valence-electron chi connectivity index (χ4n) is 2.10. The number of hydrogen-bond acceptors (Lipinski definition) is 3. The van der Waals surface area contributed by atoms with Gasteiger partial charge in [0.2, 0.25) is 5.91 Å². The number of carbonyl (C=O) groups excluding carboxylic acids is 2. The van der Waals surface area contributed by atoms with Crippen molar-refractivity contribution in [3.05, 3.63) is 35.9 Å². The Kier molecular flexibility index (Phi) is 8.26. The molecule has 0 fully saturated rings. The number of amides is 1. The van der Waals surface area contributed by atoms with Gasteiger partial charge in [-0.1, -0.05) is 63.4 Å². The van der Waals surface area contributed by atoms with Crippen LogP contribution in [0.25, 0.3) is 0 Å². The van der Waals surface area contributed by atoms with Gasteiger partial charge in [0, 0.05) is 5.92 Å². The van der Waals surface area contributed by atoms with E-state index in [2.05, 4.69) is 12.2 Å². The van der Waals surface area contributed by atoms with Crippen molar-refractivity contribution in [1.82, 2.24) is 5.32 Å². The predicted octanol–water partition coefficient (Wildman–Crippen LogP) is 3.45. The molecule has 0 heterocycles. The lowest BCUT2D eigenvalue weighted by atomic mass is 10.0. The maximum atomic E-state index is 12.0. The predicted molar refractivity (Wildman–Crippen MR) is 87.1 cm³/mol. The molecule has 0 saturated carbocycles. The van der Waals surface area contributed by atoms with Crippen LogP contribution in [0.1, 0.15) is 52.0 Å². The molecule has 0 saturated heterocycles. The maximum absolute atomic E-state index is 12.0. The topological polar surface area (TPSA) is 55.4 Å². The summed E-state index contributed by atoms with van der Waals surface area (Å²) in [6, 6.07) is 8.87. The van der Waals surface area contributed by atoms with E-state index in [-0.39, 0.29) is 18.4 Å². The van der Waals surface area contributed by atoms with Crippen LogP contribution in [-0.2, 0) is 20.9 Å². The Morgan fingerprint density at radius 1 is 1.14 bits per heavy atom. The Morgan fingerprint density at radius 3 is 2.45 bits per heavy atom. The second-order valence-electron chi connectivity index (χ2n) is 5.72. The van der Waals surface area contributed by atoms with Gasteiger partial charge >= 0.3 is 5.97 Å². The van der Waals surface area contributed by atoms with E-state index in [1.54, 1.807) is 6.92 Å².